The van der Waals surface area contributed by atoms with Crippen molar-refractivity contribution in [3.05, 3.63) is 41.0 Å². The van der Waals surface area contributed by atoms with Gasteiger partial charge in [0.2, 0.25) is 0 Å². The van der Waals surface area contributed by atoms with E-state index in [0.29, 0.717) is 28.3 Å². The van der Waals surface area contributed by atoms with E-state index in [-0.39, 0.29) is 40.8 Å². The Labute approximate surface area is 214 Å². The number of hydrogen-bond acceptors (Lipinski definition) is 7. The zero-order chi connectivity index (χ0) is 22.9. The minimum Gasteiger partial charge on any atom is -1.00 e. The summed E-state index contributed by atoms with van der Waals surface area (Å²) in [6, 6.07) is 5.38. The van der Waals surface area contributed by atoms with Crippen LogP contribution in [-0.4, -0.2) is 63.7 Å². The zero-order valence-corrected chi connectivity index (χ0v) is 21.5. The van der Waals surface area contributed by atoms with Gasteiger partial charge in [-0.25, -0.2) is 14.8 Å². The first-order chi connectivity index (χ1) is 16.0. The molecule has 34 heavy (non-hydrogen) atoms. The van der Waals surface area contributed by atoms with Gasteiger partial charge in [-0.15, -0.1) is 11.3 Å². The maximum atomic E-state index is 13.5. The Morgan fingerprint density at radius 2 is 1.97 bits per heavy atom. The number of aliphatic hydroxyl groups is 1. The number of anilines is 1. The molecule has 0 aromatic carbocycles. The highest BCUT2D eigenvalue weighted by molar-refractivity contribution is 7.10. The van der Waals surface area contributed by atoms with Crippen LogP contribution in [0.25, 0.3) is 0 Å². The van der Waals surface area contributed by atoms with Crippen molar-refractivity contribution in [2.75, 3.05) is 31.5 Å². The topological polar surface area (TPSA) is 101 Å². The maximum absolute atomic E-state index is 13.5. The van der Waals surface area contributed by atoms with E-state index in [9.17, 15) is 14.7 Å². The van der Waals surface area contributed by atoms with Crippen molar-refractivity contribution in [3.8, 4) is 0 Å². The number of carbonyl (C=O) groups is 2. The summed E-state index contributed by atoms with van der Waals surface area (Å²) < 4.78 is 6.70. The van der Waals surface area contributed by atoms with Gasteiger partial charge in [0.25, 0.3) is 5.91 Å². The molecule has 10 heteroatoms. The Morgan fingerprint density at radius 1 is 1.21 bits per heavy atom. The number of ether oxygens (including phenoxy) is 1. The molecule has 1 amide bonds. The lowest BCUT2D eigenvalue weighted by Crippen LogP contribution is -3.00. The van der Waals surface area contributed by atoms with E-state index in [1.54, 1.807) is 12.3 Å². The molecule has 2 bridgehead atoms. The molecule has 4 aliphatic rings. The zero-order valence-electron chi connectivity index (χ0n) is 19.1. The number of quaternary nitrogens is 1. The number of esters is 1. The second-order valence-electron chi connectivity index (χ2n) is 9.78. The number of nitrogens with one attached hydrogen (secondary N) is 1. The summed E-state index contributed by atoms with van der Waals surface area (Å²) in [5.74, 6) is 0.0570. The normalized spacial score (nSPS) is 28.0. The fraction of sp³-hybridized carbons (Fsp3) is 0.583. The second kappa shape index (κ2) is 10.4. The predicted molar refractivity (Wildman–Crippen MR) is 123 cm³/mol. The average molecular weight is 552 g/mol. The largest absolute Gasteiger partial charge is 1.00 e. The van der Waals surface area contributed by atoms with E-state index < -0.39 is 11.6 Å². The average Bonchev–Trinajstić information content (AvgIpc) is 3.54. The summed E-state index contributed by atoms with van der Waals surface area (Å²) in [6.45, 7) is 2.73. The molecule has 4 fully saturated rings. The van der Waals surface area contributed by atoms with Crippen LogP contribution >= 0.6 is 11.3 Å². The minimum absolute atomic E-state index is 0. The molecule has 3 aliphatic heterocycles. The van der Waals surface area contributed by atoms with Gasteiger partial charge in [-0.05, 0) is 30.4 Å². The van der Waals surface area contributed by atoms with Gasteiger partial charge in [0, 0.05) is 35.8 Å². The van der Waals surface area contributed by atoms with Gasteiger partial charge < -0.3 is 36.6 Å². The number of carbonyl (C=O) groups excluding carboxylic acids is 2. The number of rotatable bonds is 7. The molecule has 2 aromatic heterocycles. The van der Waals surface area contributed by atoms with Gasteiger partial charge >= 0.3 is 5.97 Å². The standard InChI is InChI=1S/C24H30N4O4S.BrH/c29-22(27-21-7-10-25-16-26-21)15-28-11-8-17(9-12-28)19(14-28)32-23(30)24(31,18-4-1-2-5-18)20-6-3-13-33-20;/h3,6-7,10,13,16-19,31H,1-2,4-5,8-9,11-12,14-15H2;1H/t17?,19?,24-,28?;/m0./s1. The van der Waals surface area contributed by atoms with E-state index in [4.69, 9.17) is 4.74 Å². The maximum Gasteiger partial charge on any atom is 0.344 e. The highest BCUT2D eigenvalue weighted by Gasteiger charge is 2.53. The Morgan fingerprint density at radius 3 is 2.62 bits per heavy atom. The third-order valence-corrected chi connectivity index (χ3v) is 8.78. The van der Waals surface area contributed by atoms with Crippen molar-refractivity contribution in [3.63, 3.8) is 0 Å². The van der Waals surface area contributed by atoms with Crippen LogP contribution in [0.15, 0.2) is 36.1 Å². The van der Waals surface area contributed by atoms with Gasteiger partial charge in [-0.1, -0.05) is 18.9 Å². The van der Waals surface area contributed by atoms with Crippen LogP contribution in [0.1, 0.15) is 43.4 Å². The highest BCUT2D eigenvalue weighted by Crippen LogP contribution is 2.44. The molecule has 8 nitrogen and oxygen atoms in total. The van der Waals surface area contributed by atoms with Gasteiger partial charge in [0.05, 0.1) is 13.1 Å². The Balaban J connectivity index is 0.00000274. The molecule has 2 N–H and O–H groups in total. The second-order valence-corrected chi connectivity index (χ2v) is 10.7. The molecule has 1 unspecified atom stereocenters. The Kier molecular flexibility index (Phi) is 7.71. The fourth-order valence-electron chi connectivity index (χ4n) is 5.96. The van der Waals surface area contributed by atoms with Crippen LogP contribution in [0.2, 0.25) is 0 Å². The van der Waals surface area contributed by atoms with E-state index in [1.165, 1.54) is 17.7 Å². The lowest BCUT2D eigenvalue weighted by molar-refractivity contribution is -0.939. The number of piperidine rings is 3. The molecule has 1 saturated carbocycles. The first-order valence-corrected chi connectivity index (χ1v) is 12.7. The summed E-state index contributed by atoms with van der Waals surface area (Å²) in [5.41, 5.74) is -1.58. The van der Waals surface area contributed by atoms with E-state index in [2.05, 4.69) is 15.3 Å². The summed E-state index contributed by atoms with van der Waals surface area (Å²) in [5, 5.41) is 16.4. The van der Waals surface area contributed by atoms with Crippen molar-refractivity contribution in [2.24, 2.45) is 11.8 Å². The van der Waals surface area contributed by atoms with E-state index in [0.717, 1.165) is 51.6 Å². The van der Waals surface area contributed by atoms with Crippen LogP contribution in [0.5, 0.6) is 0 Å². The third-order valence-electron chi connectivity index (χ3n) is 7.78. The molecule has 3 saturated heterocycles. The molecule has 184 valence electrons. The first-order valence-electron chi connectivity index (χ1n) is 11.9. The predicted octanol–water partition coefficient (Wildman–Crippen LogP) is -0.289. The third kappa shape index (κ3) is 4.91. The molecule has 2 atom stereocenters. The van der Waals surface area contributed by atoms with Gasteiger partial charge in [-0.3, -0.25) is 4.79 Å². The van der Waals surface area contributed by atoms with Crippen LogP contribution in [0.3, 0.4) is 0 Å². The number of fused-ring (bicyclic) bond motifs is 3. The van der Waals surface area contributed by atoms with Crippen molar-refractivity contribution in [2.45, 2.75) is 50.2 Å². The number of aromatic nitrogens is 2. The number of thiophene rings is 1. The van der Waals surface area contributed by atoms with Crippen molar-refractivity contribution < 1.29 is 40.9 Å². The Hall–Kier alpha value is -1.88. The lowest BCUT2D eigenvalue weighted by atomic mass is 9.82. The monoisotopic (exact) mass is 550 g/mol. The van der Waals surface area contributed by atoms with Crippen LogP contribution in [0.4, 0.5) is 5.82 Å². The number of hydrogen-bond donors (Lipinski definition) is 2. The fourth-order valence-corrected chi connectivity index (χ4v) is 6.85. The molecule has 1 aliphatic carbocycles. The number of nitrogens with zero attached hydrogens (tertiary/aromatic N) is 3. The molecule has 6 rings (SSSR count). The van der Waals surface area contributed by atoms with Crippen LogP contribution in [-0.2, 0) is 19.9 Å². The van der Waals surface area contributed by atoms with Crippen LogP contribution < -0.4 is 22.3 Å². The summed E-state index contributed by atoms with van der Waals surface area (Å²) in [7, 11) is 0. The van der Waals surface area contributed by atoms with E-state index >= 15 is 0 Å². The van der Waals surface area contributed by atoms with Gasteiger partial charge in [0.1, 0.15) is 18.7 Å². The number of amides is 1. The molecule has 5 heterocycles. The van der Waals surface area contributed by atoms with Crippen LogP contribution in [0, 0.1) is 11.8 Å². The molecular weight excluding hydrogens is 520 g/mol. The van der Waals surface area contributed by atoms with E-state index in [1.807, 2.05) is 17.5 Å². The van der Waals surface area contributed by atoms with Gasteiger partial charge in [0.15, 0.2) is 18.2 Å². The summed E-state index contributed by atoms with van der Waals surface area (Å²) in [6.07, 6.45) is 8.28. The SMILES string of the molecule is O=C(C[N+]12CCC(CC1)C(OC(=O)[C@@](O)(c1cccs1)C1CCCC1)C2)Nc1ccncn1.[Br-]. The molecule has 0 spiro atoms. The quantitative estimate of drug-likeness (QED) is 0.363. The lowest BCUT2D eigenvalue weighted by Gasteiger charge is -2.51. The molecular formula is C24H31BrN4O4S. The molecule has 2 aromatic rings. The summed E-state index contributed by atoms with van der Waals surface area (Å²) >= 11 is 1.41. The van der Waals surface area contributed by atoms with Crippen molar-refractivity contribution in [1.29, 1.82) is 0 Å². The minimum atomic E-state index is -1.58. The van der Waals surface area contributed by atoms with Crippen molar-refractivity contribution in [1.82, 2.24) is 9.97 Å². The summed E-state index contributed by atoms with van der Waals surface area (Å²) in [4.78, 5) is 34.9. The molecule has 0 radical (unpaired) electrons. The Bertz CT molecular complexity index is 978. The number of halogens is 1. The first kappa shape index (κ1) is 25.2. The van der Waals surface area contributed by atoms with Gasteiger partial charge in [-0.2, -0.15) is 0 Å². The smallest absolute Gasteiger partial charge is 0.344 e. The van der Waals surface area contributed by atoms with Crippen molar-refractivity contribution >= 4 is 29.0 Å². The highest BCUT2D eigenvalue weighted by atomic mass is 79.9.